The van der Waals surface area contributed by atoms with E-state index >= 15 is 0 Å². The minimum absolute atomic E-state index is 0. The van der Waals surface area contributed by atoms with Gasteiger partial charge in [0.2, 0.25) is 6.29 Å². The number of carbonyl (C=O) groups is 4. The van der Waals surface area contributed by atoms with Crippen LogP contribution < -0.4 is 119 Å². The van der Waals surface area contributed by atoms with Gasteiger partial charge >= 0.3 is 121 Å². The number of esters is 2. The molecule has 0 bridgehead atoms. The molecule has 3 N–H and O–H groups in total. The van der Waals surface area contributed by atoms with Gasteiger partial charge in [-0.05, 0) is 137 Å². The topological polar surface area (TPSA) is 219 Å². The SMILES string of the molecule is CBr.CC(C)(C)OC(=O)CC1CCNCC1.COCCOCCOCCN1CCC(CC(=O)OC(C)(C)C)CC1.COCCOCCOCCN1CCC(N)CC1.O=CC(F)(F)F.O=CO[O-].[H-].[K+].[K+]. The van der Waals surface area contributed by atoms with Crippen molar-refractivity contribution in [1.82, 2.24) is 15.1 Å². The molecule has 0 radical (unpaired) electrons. The Balaban J connectivity index is -0.000000197. The van der Waals surface area contributed by atoms with Gasteiger partial charge in [0.05, 0.1) is 66.1 Å². The first-order valence-corrected chi connectivity index (χ1v) is 24.5. The van der Waals surface area contributed by atoms with Crippen molar-refractivity contribution in [2.45, 2.75) is 116 Å². The van der Waals surface area contributed by atoms with Gasteiger partial charge in [-0.2, -0.15) is 13.2 Å². The molecule has 402 valence electrons. The molecule has 3 heterocycles. The third kappa shape index (κ3) is 61.6. The van der Waals surface area contributed by atoms with Gasteiger partial charge in [-0.25, -0.2) is 0 Å². The third-order valence-corrected chi connectivity index (χ3v) is 9.43. The second-order valence-electron chi connectivity index (χ2n) is 17.5. The van der Waals surface area contributed by atoms with Crippen LogP contribution >= 0.6 is 15.9 Å². The number of halogens is 4. The number of alkyl halides is 4. The predicted octanol–water partition coefficient (Wildman–Crippen LogP) is -1.77. The van der Waals surface area contributed by atoms with Gasteiger partial charge in [0, 0.05) is 46.2 Å². The van der Waals surface area contributed by atoms with Gasteiger partial charge in [0.1, 0.15) is 11.2 Å². The first kappa shape index (κ1) is 79.1. The number of methoxy groups -OCH3 is 2. The molecule has 3 rings (SSSR count). The molecule has 69 heavy (non-hydrogen) atoms. The van der Waals surface area contributed by atoms with E-state index < -0.39 is 12.5 Å². The fourth-order valence-electron chi connectivity index (χ4n) is 6.23. The van der Waals surface area contributed by atoms with Crippen LogP contribution in [0.2, 0.25) is 0 Å². The van der Waals surface area contributed by atoms with Crippen molar-refractivity contribution in [2.24, 2.45) is 17.6 Å². The molecule has 0 aliphatic carbocycles. The standard InChI is InChI=1S/C18H35NO5.C12H26N2O3.C11H21NO2.C2HF3O.CH3Br.CH2O3.2K.H/c1-18(2,3)24-17(20)15-16-5-7-19(8-6-16)9-10-22-13-14-23-12-11-21-4;1-15-8-9-17-11-10-16-7-6-14-4-2-12(13)3-5-14;1-11(2,3)14-10(13)8-9-4-6-12-7-5-9;3-2(4,5)1-6;1-2;2-1-4-3;;;/h16H,5-15H2,1-4H3;12H,2-11,13H2,1H3;9,12H,4-8H2,1-3H3;1H;1H3;1,3H;;;/q;;;;;;2*+1;-1/p-1. The van der Waals surface area contributed by atoms with E-state index in [1.165, 1.54) is 0 Å². The quantitative estimate of drug-likeness (QED) is 0.0220. The Morgan fingerprint density at radius 2 is 0.942 bits per heavy atom. The zero-order chi connectivity index (χ0) is 51.4. The van der Waals surface area contributed by atoms with Crippen molar-refractivity contribution in [2.75, 3.05) is 138 Å². The van der Waals surface area contributed by atoms with Gasteiger partial charge in [0.25, 0.3) is 6.47 Å². The number of hydrogen-bond acceptors (Lipinski definition) is 18. The van der Waals surface area contributed by atoms with Gasteiger partial charge in [-0.3, -0.25) is 19.2 Å². The van der Waals surface area contributed by atoms with Crippen LogP contribution in [0.5, 0.6) is 0 Å². The number of aldehydes is 1. The van der Waals surface area contributed by atoms with Crippen LogP contribution in [0, 0.1) is 11.8 Å². The maximum atomic E-state index is 11.9. The first-order valence-electron chi connectivity index (χ1n) is 22.9. The normalized spacial score (nSPS) is 15.9. The number of likely N-dealkylation sites (tertiary alicyclic amines) is 2. The summed E-state index contributed by atoms with van der Waals surface area (Å²) in [6.07, 6.45) is 1.95. The molecule has 24 heteroatoms. The zero-order valence-corrected chi connectivity index (χ0v) is 51.8. The summed E-state index contributed by atoms with van der Waals surface area (Å²) in [5.74, 6) is 2.66. The summed E-state index contributed by atoms with van der Waals surface area (Å²) in [7, 11) is 3.33. The molecule has 0 spiro atoms. The zero-order valence-electron chi connectivity index (χ0n) is 45.0. The number of nitrogens with one attached hydrogen (secondary N) is 1. The third-order valence-electron chi connectivity index (χ3n) is 9.43. The van der Waals surface area contributed by atoms with E-state index in [1.807, 2.05) is 47.4 Å². The maximum absolute atomic E-state index is 11.9. The Bertz CT molecular complexity index is 1170. The molecule has 0 saturated carbocycles. The maximum Gasteiger partial charge on any atom is 1.00 e. The van der Waals surface area contributed by atoms with E-state index in [0.717, 1.165) is 104 Å². The average molecular weight is 1120 g/mol. The number of hydrogen-bond donors (Lipinski definition) is 2. The van der Waals surface area contributed by atoms with E-state index in [-0.39, 0.29) is 134 Å². The summed E-state index contributed by atoms with van der Waals surface area (Å²) in [4.78, 5) is 48.1. The fraction of sp³-hybridized carbons (Fsp3) is 0.911. The Hall–Kier alpha value is 1.18. The molecule has 3 aliphatic rings. The van der Waals surface area contributed by atoms with Crippen molar-refractivity contribution in [1.29, 1.82) is 0 Å². The molecular formula is C45H88BrF3K2N4O14. The van der Waals surface area contributed by atoms with E-state index in [1.54, 1.807) is 14.2 Å². The minimum atomic E-state index is -4.64. The smallest absolute Gasteiger partial charge is 1.00 e. The molecule has 0 atom stereocenters. The number of nitrogens with zero attached hydrogens (tertiary/aromatic N) is 2. The number of carbonyl (C=O) groups excluding carboxylic acids is 4. The summed E-state index contributed by atoms with van der Waals surface area (Å²) in [5, 5.41) is 11.7. The van der Waals surface area contributed by atoms with E-state index in [9.17, 15) is 22.8 Å². The van der Waals surface area contributed by atoms with Gasteiger partial charge in [-0.15, -0.1) is 0 Å². The second kappa shape index (κ2) is 52.6. The van der Waals surface area contributed by atoms with Crippen molar-refractivity contribution in [3.8, 4) is 0 Å². The molecule has 3 fully saturated rings. The average Bonchev–Trinajstić information content (AvgIpc) is 3.27. The summed E-state index contributed by atoms with van der Waals surface area (Å²) in [6, 6.07) is 0.404. The largest absolute Gasteiger partial charge is 1.00 e. The molecule has 0 aromatic heterocycles. The van der Waals surface area contributed by atoms with Crippen LogP contribution in [0.4, 0.5) is 13.2 Å². The summed E-state index contributed by atoms with van der Waals surface area (Å²) in [6.45, 7) is 26.2. The van der Waals surface area contributed by atoms with Crippen LogP contribution in [-0.4, -0.2) is 196 Å². The van der Waals surface area contributed by atoms with Gasteiger partial charge < -0.3 is 70.3 Å². The fourth-order valence-corrected chi connectivity index (χ4v) is 6.23. The van der Waals surface area contributed by atoms with Crippen molar-refractivity contribution in [3.05, 3.63) is 0 Å². The van der Waals surface area contributed by atoms with Gasteiger partial charge in [-0.1, -0.05) is 15.9 Å². The number of nitrogens with two attached hydrogens (primary N) is 1. The van der Waals surface area contributed by atoms with Crippen LogP contribution in [0.25, 0.3) is 0 Å². The molecule has 3 aliphatic heterocycles. The minimum Gasteiger partial charge on any atom is -1.00 e. The number of piperidine rings is 3. The Morgan fingerprint density at radius 1 is 0.638 bits per heavy atom. The molecular weight excluding hydrogens is 1040 g/mol. The first-order chi connectivity index (χ1) is 31.7. The van der Waals surface area contributed by atoms with Crippen LogP contribution in [0.15, 0.2) is 0 Å². The van der Waals surface area contributed by atoms with Crippen LogP contribution in [0.1, 0.15) is 94.3 Å². The summed E-state index contributed by atoms with van der Waals surface area (Å²) < 4.78 is 73.4. The Morgan fingerprint density at radius 3 is 1.25 bits per heavy atom. The van der Waals surface area contributed by atoms with Crippen molar-refractivity contribution in [3.63, 3.8) is 0 Å². The number of ether oxygens (including phenoxy) is 8. The molecule has 3 saturated heterocycles. The molecule has 18 nitrogen and oxygen atoms in total. The molecule has 0 aromatic rings. The van der Waals surface area contributed by atoms with Crippen LogP contribution in [-0.2, 0) is 62.0 Å². The Labute approximate surface area is 506 Å². The Kier molecular flexibility index (Phi) is 60.3. The molecule has 0 unspecified atom stereocenters. The van der Waals surface area contributed by atoms with Gasteiger partial charge in [0.15, 0.2) is 0 Å². The van der Waals surface area contributed by atoms with Crippen molar-refractivity contribution >= 4 is 40.6 Å². The molecule has 0 aromatic carbocycles. The van der Waals surface area contributed by atoms with E-state index in [2.05, 4.69) is 35.9 Å². The number of rotatable bonds is 23. The monoisotopic (exact) mass is 1120 g/mol. The van der Waals surface area contributed by atoms with E-state index in [0.29, 0.717) is 83.6 Å². The second-order valence-corrected chi connectivity index (χ2v) is 17.5. The van der Waals surface area contributed by atoms with Crippen LogP contribution in [0.3, 0.4) is 0 Å². The predicted molar refractivity (Wildman–Crippen MR) is 252 cm³/mol. The van der Waals surface area contributed by atoms with Crippen molar-refractivity contribution < 1.29 is 185 Å². The van der Waals surface area contributed by atoms with E-state index in [4.69, 9.17) is 58.5 Å². The molecule has 0 amide bonds. The summed E-state index contributed by atoms with van der Waals surface area (Å²) >= 11 is 2.94. The summed E-state index contributed by atoms with van der Waals surface area (Å²) in [5.41, 5.74) is 5.12.